The van der Waals surface area contributed by atoms with Crippen molar-refractivity contribution in [2.75, 3.05) is 4.90 Å². The van der Waals surface area contributed by atoms with Crippen LogP contribution in [0, 0.1) is 0 Å². The second kappa shape index (κ2) is 12.9. The van der Waals surface area contributed by atoms with Crippen molar-refractivity contribution in [1.82, 2.24) is 0 Å². The zero-order chi connectivity index (χ0) is 36.3. The van der Waals surface area contributed by atoms with E-state index in [0.717, 1.165) is 55.5 Å². The summed E-state index contributed by atoms with van der Waals surface area (Å²) in [4.78, 5) is 2.42. The molecule has 9 aromatic carbocycles. The van der Waals surface area contributed by atoms with E-state index in [1.807, 2.05) is 11.3 Å². The first-order valence-electron chi connectivity index (χ1n) is 18.7. The molecule has 0 bridgehead atoms. The molecule has 0 unspecified atom stereocenters. The van der Waals surface area contributed by atoms with E-state index in [4.69, 9.17) is 4.42 Å². The van der Waals surface area contributed by atoms with Crippen molar-refractivity contribution in [3.63, 3.8) is 0 Å². The maximum absolute atomic E-state index is 6.59. The topological polar surface area (TPSA) is 16.4 Å². The molecule has 2 nitrogen and oxygen atoms in total. The smallest absolute Gasteiger partial charge is 0.143 e. The van der Waals surface area contributed by atoms with Crippen LogP contribution >= 0.6 is 11.3 Å². The molecule has 0 atom stereocenters. The molecule has 11 aromatic rings. The first-order valence-corrected chi connectivity index (χ1v) is 19.5. The highest BCUT2D eigenvalue weighted by atomic mass is 32.1. The van der Waals surface area contributed by atoms with Crippen molar-refractivity contribution < 1.29 is 4.42 Å². The van der Waals surface area contributed by atoms with Gasteiger partial charge in [0, 0.05) is 43.0 Å². The standard InChI is InChI=1S/C52H33NOS/c1-2-12-34(13-3-1)37-15-8-16-38(32-37)35-26-29-40(30-27-35)53(47-23-10-22-45-44-20-6-7-25-49(44)55-52(45)47)41-18-9-17-39(33-41)42-21-11-24-48-50(42)46-31-28-36-14-4-5-19-43(36)51(46)54-48/h1-33H. The largest absolute Gasteiger partial charge is 0.455 e. The zero-order valence-electron chi connectivity index (χ0n) is 29.8. The van der Waals surface area contributed by atoms with Gasteiger partial charge in [-0.05, 0) is 93.4 Å². The highest BCUT2D eigenvalue weighted by Crippen LogP contribution is 2.46. The number of anilines is 3. The van der Waals surface area contributed by atoms with Crippen molar-refractivity contribution in [3.05, 3.63) is 200 Å². The summed E-state index contributed by atoms with van der Waals surface area (Å²) >= 11 is 1.86. The predicted molar refractivity (Wildman–Crippen MR) is 235 cm³/mol. The van der Waals surface area contributed by atoms with Gasteiger partial charge in [-0.2, -0.15) is 0 Å². The average Bonchev–Trinajstić information content (AvgIpc) is 3.84. The van der Waals surface area contributed by atoms with Crippen LogP contribution in [0.25, 0.3) is 86.3 Å². The SMILES string of the molecule is c1ccc(-c2cccc(-c3ccc(N(c4cccc(-c5cccc6oc7c8ccccc8ccc7c56)c4)c4cccc5c4sc4ccccc45)cc3)c2)cc1. The van der Waals surface area contributed by atoms with Gasteiger partial charge in [-0.3, -0.25) is 0 Å². The molecule has 0 aliphatic heterocycles. The van der Waals surface area contributed by atoms with Crippen molar-refractivity contribution in [2.24, 2.45) is 0 Å². The molecule has 11 rings (SSSR count). The van der Waals surface area contributed by atoms with Crippen LogP contribution in [-0.4, -0.2) is 0 Å². The number of furan rings is 1. The molecular weight excluding hydrogens is 687 g/mol. The van der Waals surface area contributed by atoms with Gasteiger partial charge in [-0.25, -0.2) is 0 Å². The summed E-state index contributed by atoms with van der Waals surface area (Å²) in [5, 5.41) is 7.15. The number of fused-ring (bicyclic) bond motifs is 8. The minimum absolute atomic E-state index is 0.896. The van der Waals surface area contributed by atoms with Crippen LogP contribution in [0.1, 0.15) is 0 Å². The Hall–Kier alpha value is -6.94. The van der Waals surface area contributed by atoms with Crippen LogP contribution in [0.4, 0.5) is 17.1 Å². The number of rotatable bonds is 6. The van der Waals surface area contributed by atoms with Crippen molar-refractivity contribution in [1.29, 1.82) is 0 Å². The van der Waals surface area contributed by atoms with Crippen LogP contribution in [0.5, 0.6) is 0 Å². The van der Waals surface area contributed by atoms with E-state index in [0.29, 0.717) is 0 Å². The van der Waals surface area contributed by atoms with E-state index < -0.39 is 0 Å². The third-order valence-corrected chi connectivity index (χ3v) is 12.1. The minimum Gasteiger partial charge on any atom is -0.455 e. The molecule has 0 spiro atoms. The second-order valence-electron chi connectivity index (χ2n) is 14.1. The third-order valence-electron chi connectivity index (χ3n) is 10.9. The normalized spacial score (nSPS) is 11.6. The lowest BCUT2D eigenvalue weighted by Crippen LogP contribution is -2.10. The second-order valence-corrected chi connectivity index (χ2v) is 15.1. The summed E-state index contributed by atoms with van der Waals surface area (Å²) in [5.74, 6) is 0. The molecule has 0 aliphatic rings. The van der Waals surface area contributed by atoms with E-state index >= 15 is 0 Å². The van der Waals surface area contributed by atoms with Crippen LogP contribution in [0.15, 0.2) is 205 Å². The van der Waals surface area contributed by atoms with Gasteiger partial charge in [0.2, 0.25) is 0 Å². The molecular formula is C52H33NOS. The first kappa shape index (κ1) is 31.6. The molecule has 2 aromatic heterocycles. The fourth-order valence-electron chi connectivity index (χ4n) is 8.25. The van der Waals surface area contributed by atoms with E-state index in [9.17, 15) is 0 Å². The van der Waals surface area contributed by atoms with Crippen molar-refractivity contribution in [3.8, 4) is 33.4 Å². The van der Waals surface area contributed by atoms with Crippen molar-refractivity contribution >= 4 is 81.3 Å². The van der Waals surface area contributed by atoms with Gasteiger partial charge in [0.1, 0.15) is 11.2 Å². The van der Waals surface area contributed by atoms with E-state index in [2.05, 4.69) is 205 Å². The first-order chi connectivity index (χ1) is 27.3. The van der Waals surface area contributed by atoms with Crippen LogP contribution < -0.4 is 4.90 Å². The molecule has 0 radical (unpaired) electrons. The zero-order valence-corrected chi connectivity index (χ0v) is 30.6. The Balaban J connectivity index is 1.08. The summed E-state index contributed by atoms with van der Waals surface area (Å²) in [6.45, 7) is 0. The summed E-state index contributed by atoms with van der Waals surface area (Å²) in [6, 6.07) is 72.1. The summed E-state index contributed by atoms with van der Waals surface area (Å²) in [5.41, 5.74) is 12.3. The Labute approximate surface area is 322 Å². The van der Waals surface area contributed by atoms with Gasteiger partial charge in [-0.15, -0.1) is 11.3 Å². The molecule has 3 heteroatoms. The molecule has 55 heavy (non-hydrogen) atoms. The lowest BCUT2D eigenvalue weighted by atomic mass is 9.97. The van der Waals surface area contributed by atoms with Gasteiger partial charge >= 0.3 is 0 Å². The van der Waals surface area contributed by atoms with Gasteiger partial charge in [0.15, 0.2) is 0 Å². The number of hydrogen-bond acceptors (Lipinski definition) is 3. The van der Waals surface area contributed by atoms with Crippen molar-refractivity contribution in [2.45, 2.75) is 0 Å². The fourth-order valence-corrected chi connectivity index (χ4v) is 9.46. The highest BCUT2D eigenvalue weighted by Gasteiger charge is 2.20. The predicted octanol–water partition coefficient (Wildman–Crippen LogP) is 15.6. The molecule has 0 amide bonds. The van der Waals surface area contributed by atoms with Gasteiger partial charge < -0.3 is 9.32 Å². The number of thiophene rings is 1. The van der Waals surface area contributed by atoms with Crippen LogP contribution in [0.3, 0.4) is 0 Å². The van der Waals surface area contributed by atoms with Crippen LogP contribution in [0.2, 0.25) is 0 Å². The molecule has 0 saturated carbocycles. The maximum atomic E-state index is 6.59. The highest BCUT2D eigenvalue weighted by molar-refractivity contribution is 7.26. The van der Waals surface area contributed by atoms with E-state index in [-0.39, 0.29) is 0 Å². The van der Waals surface area contributed by atoms with Gasteiger partial charge in [-0.1, -0.05) is 146 Å². The maximum Gasteiger partial charge on any atom is 0.143 e. The Morgan fingerprint density at radius 1 is 0.400 bits per heavy atom. The Morgan fingerprint density at radius 2 is 1.07 bits per heavy atom. The molecule has 0 saturated heterocycles. The molecule has 0 N–H and O–H groups in total. The lowest BCUT2D eigenvalue weighted by molar-refractivity contribution is 0.673. The van der Waals surface area contributed by atoms with Gasteiger partial charge in [0.25, 0.3) is 0 Å². The molecule has 258 valence electrons. The quantitative estimate of drug-likeness (QED) is 0.170. The monoisotopic (exact) mass is 719 g/mol. The third kappa shape index (κ3) is 5.32. The van der Waals surface area contributed by atoms with E-state index in [1.54, 1.807) is 0 Å². The fraction of sp³-hybridized carbons (Fsp3) is 0. The molecule has 0 aliphatic carbocycles. The summed E-state index contributed by atoms with van der Waals surface area (Å²) in [7, 11) is 0. The number of nitrogens with zero attached hydrogens (tertiary/aromatic N) is 1. The molecule has 2 heterocycles. The Bertz CT molecular complexity index is 3210. The Morgan fingerprint density at radius 3 is 1.95 bits per heavy atom. The van der Waals surface area contributed by atoms with Gasteiger partial charge in [0.05, 0.1) is 10.4 Å². The Kier molecular flexibility index (Phi) is 7.39. The minimum atomic E-state index is 0.896. The number of benzene rings is 9. The average molecular weight is 720 g/mol. The lowest BCUT2D eigenvalue weighted by Gasteiger charge is -2.27. The number of hydrogen-bond donors (Lipinski definition) is 0. The van der Waals surface area contributed by atoms with E-state index in [1.165, 1.54) is 47.8 Å². The molecule has 0 fully saturated rings. The summed E-state index contributed by atoms with van der Waals surface area (Å²) in [6.07, 6.45) is 0. The van der Waals surface area contributed by atoms with Crippen LogP contribution in [-0.2, 0) is 0 Å². The summed E-state index contributed by atoms with van der Waals surface area (Å²) < 4.78 is 9.15.